The fraction of sp³-hybridized carbons (Fsp3) is 0.412. The molecule has 3 fully saturated rings. The Bertz CT molecular complexity index is 4960. The van der Waals surface area contributed by atoms with E-state index in [0.29, 0.717) is 39.7 Å². The van der Waals surface area contributed by atoms with Crippen LogP contribution in [0.15, 0.2) is 165 Å². The molecule has 0 radical (unpaired) electrons. The number of carboxylic acids is 1. The third-order valence-corrected chi connectivity index (χ3v) is 30.2. The number of aromatic amines is 1. The fourth-order valence-corrected chi connectivity index (χ4v) is 25.1. The molecule has 4 aliphatic rings. The summed E-state index contributed by atoms with van der Waals surface area (Å²) in [6.45, 7) is 14.8. The monoisotopic (exact) mass is 1630 g/mol. The Labute approximate surface area is 667 Å². The molecule has 2 saturated carbocycles. The van der Waals surface area contributed by atoms with Crippen molar-refractivity contribution < 1.29 is 100 Å². The average molecular weight is 1630 g/mol. The number of aliphatic hydroxyl groups is 2. The number of nitrogens with two attached hydrogens (primary N) is 1. The molecule has 1 unspecified atom stereocenters. The molecular weight excluding hydrogens is 1540 g/mol. The van der Waals surface area contributed by atoms with Crippen molar-refractivity contribution in [2.45, 2.75) is 178 Å². The van der Waals surface area contributed by atoms with Crippen LogP contribution in [-0.2, 0) is 79.2 Å². The van der Waals surface area contributed by atoms with Crippen molar-refractivity contribution >= 4 is 111 Å². The molecule has 35 heteroatoms. The van der Waals surface area contributed by atoms with E-state index < -0.39 is 173 Å². The molecule has 1 saturated heterocycles. The van der Waals surface area contributed by atoms with Gasteiger partial charge < -0.3 is 79.3 Å². The second-order valence-corrected chi connectivity index (χ2v) is 40.3. The van der Waals surface area contributed by atoms with E-state index in [9.17, 15) is 58.5 Å². The molecule has 32 nitrogen and oxygen atoms in total. The number of hydrogen-bond acceptors (Lipinski definition) is 28. The standard InChI is InChI=1S/C80H92N10O22SSi2/c1-45-54(107-74(103)64(97)62(47-21-13-10-14-22-47)88-71(100)48-23-15-11-16-24-48)38-80(104)68(110-73(102)50-25-17-12-18-26-50)66-78(5,67(98)65(61(45)77(80,3)4)109-60(96)34-33-58(93)94)55(37-56-79(66,43-105-56)111-46(2)91)108-59(95)28-20-36-114(6,7)112-115(8,9)44-113-76-86-42-53(106-76)41-84-57(92)27-19-35-82-70(99)49-29-31-51(32-30-49)83-39-52-40-85-69-63(87-52)72(101)90-75(81)89-69/h10-18,20-26,29-32,36,40,42,54-56,62,64-66,68,83,97,104H,19,27-28,33-35,37-39,41,43-44H2,1-9H3,(H,82,99)(H,84,92)(H,88,100)(H,93,94)(H3,81,85,89,90,101)/b36-20+/t54?,55-,56+,62-,64+,65+,66-,68-,78+,79-,80+/m0/s1. The number of amides is 3. The summed E-state index contributed by atoms with van der Waals surface area (Å²) in [6.07, 6.45) is -8.91. The van der Waals surface area contributed by atoms with E-state index in [1.54, 1.807) is 103 Å². The van der Waals surface area contributed by atoms with Gasteiger partial charge in [0.1, 0.15) is 35.8 Å². The molecule has 7 aromatic rings. The number of H-pyrrole nitrogens is 1. The molecule has 4 aromatic carbocycles. The topological polar surface area (TPSA) is 468 Å². The number of fused-ring (bicyclic) bond motifs is 6. The number of ketones is 1. The van der Waals surface area contributed by atoms with Gasteiger partial charge in [-0.15, -0.1) is 0 Å². The Balaban J connectivity index is 0.766. The predicted octanol–water partition coefficient (Wildman–Crippen LogP) is 7.41. The van der Waals surface area contributed by atoms with Crippen LogP contribution in [0.4, 0.5) is 11.6 Å². The number of carbonyl (C=O) groups is 10. The minimum absolute atomic E-state index is 0.00327. The maximum Gasteiger partial charge on any atom is 0.338 e. The van der Waals surface area contributed by atoms with Crippen LogP contribution in [0.3, 0.4) is 0 Å². The number of nitrogens with one attached hydrogen (secondary N) is 5. The number of aliphatic hydroxyl groups excluding tert-OH is 1. The Kier molecular flexibility index (Phi) is 26.1. The summed E-state index contributed by atoms with van der Waals surface area (Å²) in [5.41, 5.74) is -0.0193. The van der Waals surface area contributed by atoms with Crippen LogP contribution in [0.5, 0.6) is 0 Å². The summed E-state index contributed by atoms with van der Waals surface area (Å²) in [4.78, 5) is 173. The number of rotatable bonds is 32. The van der Waals surface area contributed by atoms with Gasteiger partial charge in [-0.3, -0.25) is 48.1 Å². The van der Waals surface area contributed by atoms with Crippen LogP contribution in [0.25, 0.3) is 11.2 Å². The lowest BCUT2D eigenvalue weighted by atomic mass is 9.44. The largest absolute Gasteiger partial charge is 0.481 e. The summed E-state index contributed by atoms with van der Waals surface area (Å²) < 4.78 is 50.9. The molecule has 3 amide bonds. The van der Waals surface area contributed by atoms with Gasteiger partial charge in [-0.1, -0.05) is 104 Å². The molecule has 4 heterocycles. The number of nitrogens with zero attached hydrogens (tertiary/aromatic N) is 4. The third kappa shape index (κ3) is 19.3. The number of oxazole rings is 1. The minimum Gasteiger partial charge on any atom is -0.481 e. The highest BCUT2D eigenvalue weighted by atomic mass is 32.2. The van der Waals surface area contributed by atoms with Gasteiger partial charge in [-0.05, 0) is 112 Å². The number of aliphatic carboxylic acids is 1. The molecule has 115 heavy (non-hydrogen) atoms. The molecule has 11 rings (SSSR count). The third-order valence-electron chi connectivity index (χ3n) is 21.1. The predicted molar refractivity (Wildman–Crippen MR) is 419 cm³/mol. The molecular formula is C80H92N10O22SSi2. The Morgan fingerprint density at radius 2 is 1.45 bits per heavy atom. The summed E-state index contributed by atoms with van der Waals surface area (Å²) in [5, 5.41) is 48.7. The quantitative estimate of drug-likeness (QED) is 0.00494. The maximum absolute atomic E-state index is 16.8. The van der Waals surface area contributed by atoms with Crippen molar-refractivity contribution in [2.75, 3.05) is 29.6 Å². The van der Waals surface area contributed by atoms with E-state index in [0.717, 1.165) is 6.92 Å². The highest BCUT2D eigenvalue weighted by Crippen LogP contribution is 2.65. The van der Waals surface area contributed by atoms with Crippen molar-refractivity contribution in [1.29, 1.82) is 0 Å². The smallest absolute Gasteiger partial charge is 0.338 e. The fourth-order valence-electron chi connectivity index (χ4n) is 15.5. The Morgan fingerprint density at radius 3 is 2.11 bits per heavy atom. The summed E-state index contributed by atoms with van der Waals surface area (Å²) >= 11 is 1.33. The number of benzene rings is 4. The SMILES string of the molecule is CC(=O)O[C@@]12CO[C@@H]1C[C@H](OC(=O)C/C=C/[Si](C)(C)O[Si](C)(C)CSc1ncc(CNC(=O)CCCNC(=O)c3ccc(NCc4cnc5nc(N)[nH]c(=O)c5n4)cc3)o1)[C@@]1(C)C(=O)[C@H](OC(=O)CCC(=O)O)C3=C(C)C(OC(=O)[C@H](O)[C@@H](NC(=O)c4ccccc4)c4ccccc4)C[C@@](O)([C@@H](OC(=O)c4ccccc4)[C@H]21)C3(C)C. The first kappa shape index (κ1) is 84.8. The number of Topliss-reactive ketones (excluding diaryl/α,β-unsaturated/α-hetero) is 1. The van der Waals surface area contributed by atoms with Gasteiger partial charge in [0.2, 0.25) is 11.9 Å². The summed E-state index contributed by atoms with van der Waals surface area (Å²) in [5.74, 6) is -10.5. The Hall–Kier alpha value is -11.1. The zero-order valence-corrected chi connectivity index (χ0v) is 67.6. The number of hydrogen-bond donors (Lipinski definition) is 9. The Morgan fingerprint density at radius 1 is 0.783 bits per heavy atom. The first-order valence-electron chi connectivity index (χ1n) is 37.3. The first-order valence-corrected chi connectivity index (χ1v) is 44.4. The van der Waals surface area contributed by atoms with Gasteiger partial charge in [0.25, 0.3) is 22.6 Å². The van der Waals surface area contributed by atoms with Gasteiger partial charge >= 0.3 is 35.8 Å². The second kappa shape index (κ2) is 35.3. The zero-order valence-electron chi connectivity index (χ0n) is 64.8. The molecule has 11 atom stereocenters. The second-order valence-electron chi connectivity index (χ2n) is 30.6. The number of carbonyl (C=O) groups excluding carboxylic acids is 9. The number of nitrogen functional groups attached to an aromatic ring is 1. The zero-order chi connectivity index (χ0) is 83.0. The van der Waals surface area contributed by atoms with Gasteiger partial charge in [0, 0.05) is 60.3 Å². The van der Waals surface area contributed by atoms with Crippen LogP contribution in [0, 0.1) is 16.7 Å². The first-order chi connectivity index (χ1) is 54.5. The summed E-state index contributed by atoms with van der Waals surface area (Å²) in [7, 11) is -5.39. The van der Waals surface area contributed by atoms with Crippen molar-refractivity contribution in [1.82, 2.24) is 40.9 Å². The number of ether oxygens (including phenoxy) is 6. The molecule has 0 spiro atoms. The van der Waals surface area contributed by atoms with Crippen LogP contribution in [0.2, 0.25) is 26.2 Å². The molecule has 2 bridgehead atoms. The number of carboxylic acid groups (broad SMARTS) is 1. The van der Waals surface area contributed by atoms with Gasteiger partial charge in [-0.25, -0.2) is 24.5 Å². The van der Waals surface area contributed by atoms with E-state index in [1.165, 1.54) is 76.1 Å². The molecule has 10 N–H and O–H groups in total. The van der Waals surface area contributed by atoms with Crippen LogP contribution in [-0.4, -0.2) is 183 Å². The van der Waals surface area contributed by atoms with Gasteiger partial charge in [0.15, 0.2) is 51.4 Å². The number of anilines is 2. The number of thioether (sulfide) groups is 1. The number of esters is 5. The van der Waals surface area contributed by atoms with Crippen molar-refractivity contribution in [3.8, 4) is 0 Å². The number of aromatic nitrogens is 5. The van der Waals surface area contributed by atoms with E-state index in [4.69, 9.17) is 42.7 Å². The lowest BCUT2D eigenvalue weighted by Gasteiger charge is -2.67. The van der Waals surface area contributed by atoms with Crippen LogP contribution in [0.1, 0.15) is 134 Å². The van der Waals surface area contributed by atoms with Crippen molar-refractivity contribution in [2.24, 2.45) is 16.7 Å². The summed E-state index contributed by atoms with van der Waals surface area (Å²) in [6, 6.07) is 29.0. The highest BCUT2D eigenvalue weighted by Gasteiger charge is 2.79. The lowest BCUT2D eigenvalue weighted by molar-refractivity contribution is -0.346. The van der Waals surface area contributed by atoms with Crippen molar-refractivity contribution in [3.05, 3.63) is 195 Å². The minimum atomic E-state index is -2.81. The molecule has 1 aliphatic heterocycles. The maximum atomic E-state index is 16.8. The molecule has 3 aromatic heterocycles. The lowest BCUT2D eigenvalue weighted by Crippen LogP contribution is -2.82. The van der Waals surface area contributed by atoms with E-state index in [2.05, 4.69) is 46.2 Å². The van der Waals surface area contributed by atoms with Crippen molar-refractivity contribution in [3.63, 3.8) is 0 Å². The molecule has 3 aliphatic carbocycles. The van der Waals surface area contributed by atoms with Crippen LogP contribution < -0.4 is 32.6 Å². The van der Waals surface area contributed by atoms with Gasteiger partial charge in [-0.2, -0.15) is 4.98 Å². The average Bonchev–Trinajstić information content (AvgIpc) is 0.834. The van der Waals surface area contributed by atoms with Gasteiger partial charge in [0.05, 0.1) is 80.0 Å². The van der Waals surface area contributed by atoms with E-state index in [1.807, 2.05) is 26.2 Å². The van der Waals surface area contributed by atoms with Crippen LogP contribution >= 0.6 is 11.8 Å². The van der Waals surface area contributed by atoms with E-state index >= 15 is 9.59 Å². The molecule has 608 valence electrons. The van der Waals surface area contributed by atoms with E-state index in [-0.39, 0.29) is 89.2 Å². The normalized spacial score (nSPS) is 22.8. The highest BCUT2D eigenvalue weighted by molar-refractivity contribution is 8.00.